The lowest BCUT2D eigenvalue weighted by atomic mass is 10.2. The molecule has 1 heterocycles. The molecule has 0 aliphatic carbocycles. The second-order valence-corrected chi connectivity index (χ2v) is 7.16. The van der Waals surface area contributed by atoms with Gasteiger partial charge in [0.15, 0.2) is 5.82 Å². The van der Waals surface area contributed by atoms with Gasteiger partial charge in [0.2, 0.25) is 0 Å². The number of alkyl halides is 3. The summed E-state index contributed by atoms with van der Waals surface area (Å²) >= 11 is 0. The van der Waals surface area contributed by atoms with Crippen molar-refractivity contribution in [1.82, 2.24) is 14.8 Å². The average Bonchev–Trinajstić information content (AvgIpc) is 3.00. The van der Waals surface area contributed by atoms with Crippen molar-refractivity contribution >= 4 is 15.7 Å². The molecular weight excluding hydrogens is 369 g/mol. The number of benzene rings is 2. The Balaban J connectivity index is 1.92. The Kier molecular flexibility index (Phi) is 4.45. The molecule has 6 nitrogen and oxygen atoms in total. The number of anilines is 1. The molecule has 1 aromatic heterocycles. The number of aryl methyl sites for hydroxylation is 1. The predicted molar refractivity (Wildman–Crippen MR) is 88.7 cm³/mol. The van der Waals surface area contributed by atoms with Gasteiger partial charge in [-0.1, -0.05) is 18.2 Å². The fourth-order valence-corrected chi connectivity index (χ4v) is 3.41. The van der Waals surface area contributed by atoms with Gasteiger partial charge in [0.25, 0.3) is 10.0 Å². The standard InChI is InChI=1S/C16H13F3N4O2S/c1-23-10-20-21-15(23)11-4-2-6-13(8-11)22-26(24,25)14-7-3-5-12(9-14)16(17,18)19/h2-10,22H,1H3. The van der Waals surface area contributed by atoms with Gasteiger partial charge in [-0.25, -0.2) is 8.42 Å². The van der Waals surface area contributed by atoms with E-state index in [0.29, 0.717) is 17.5 Å². The Bertz CT molecular complexity index is 1050. The van der Waals surface area contributed by atoms with E-state index >= 15 is 0 Å². The van der Waals surface area contributed by atoms with Crippen LogP contribution < -0.4 is 4.72 Å². The molecule has 0 aliphatic rings. The van der Waals surface area contributed by atoms with E-state index in [1.54, 1.807) is 23.7 Å². The van der Waals surface area contributed by atoms with Gasteiger partial charge in [0.1, 0.15) is 6.33 Å². The summed E-state index contributed by atoms with van der Waals surface area (Å²) in [6.07, 6.45) is -3.13. The maximum Gasteiger partial charge on any atom is 0.416 e. The Morgan fingerprint density at radius 2 is 1.81 bits per heavy atom. The van der Waals surface area contributed by atoms with Crippen LogP contribution in [0.4, 0.5) is 18.9 Å². The van der Waals surface area contributed by atoms with Crippen LogP contribution in [0.25, 0.3) is 11.4 Å². The van der Waals surface area contributed by atoms with Crippen molar-refractivity contribution in [3.05, 3.63) is 60.4 Å². The third-order valence-corrected chi connectivity index (χ3v) is 4.94. The maximum atomic E-state index is 12.8. The lowest BCUT2D eigenvalue weighted by Crippen LogP contribution is -2.14. The fourth-order valence-electron chi connectivity index (χ4n) is 2.32. The number of rotatable bonds is 4. The summed E-state index contributed by atoms with van der Waals surface area (Å²) in [6, 6.07) is 9.89. The van der Waals surface area contributed by atoms with Crippen LogP contribution in [-0.2, 0) is 23.2 Å². The van der Waals surface area contributed by atoms with Gasteiger partial charge in [-0.2, -0.15) is 13.2 Å². The topological polar surface area (TPSA) is 76.9 Å². The van der Waals surface area contributed by atoms with Crippen molar-refractivity contribution in [1.29, 1.82) is 0 Å². The van der Waals surface area contributed by atoms with Crippen LogP contribution in [-0.4, -0.2) is 23.2 Å². The van der Waals surface area contributed by atoms with Crippen LogP contribution in [0, 0.1) is 0 Å². The Labute approximate surface area is 147 Å². The first-order valence-electron chi connectivity index (χ1n) is 7.31. The zero-order valence-electron chi connectivity index (χ0n) is 13.4. The molecular formula is C16H13F3N4O2S. The zero-order valence-corrected chi connectivity index (χ0v) is 14.2. The van der Waals surface area contributed by atoms with E-state index in [4.69, 9.17) is 0 Å². The van der Waals surface area contributed by atoms with Gasteiger partial charge >= 0.3 is 6.18 Å². The summed E-state index contributed by atoms with van der Waals surface area (Å²) in [5.41, 5.74) is -0.231. The van der Waals surface area contributed by atoms with Crippen LogP contribution in [0.2, 0.25) is 0 Å². The first-order valence-corrected chi connectivity index (χ1v) is 8.80. The first-order chi connectivity index (χ1) is 12.2. The van der Waals surface area contributed by atoms with Crippen LogP contribution in [0.15, 0.2) is 59.8 Å². The quantitative estimate of drug-likeness (QED) is 0.751. The van der Waals surface area contributed by atoms with Crippen molar-refractivity contribution < 1.29 is 21.6 Å². The smallest absolute Gasteiger partial charge is 0.317 e. The molecule has 0 spiro atoms. The molecule has 0 fully saturated rings. The maximum absolute atomic E-state index is 12.8. The molecule has 10 heteroatoms. The largest absolute Gasteiger partial charge is 0.416 e. The molecule has 0 bridgehead atoms. The predicted octanol–water partition coefficient (Wildman–Crippen LogP) is 3.30. The lowest BCUT2D eigenvalue weighted by Gasteiger charge is -2.11. The molecule has 0 atom stereocenters. The number of halogens is 3. The molecule has 26 heavy (non-hydrogen) atoms. The van der Waals surface area contributed by atoms with Crippen molar-refractivity contribution in [2.24, 2.45) is 7.05 Å². The van der Waals surface area contributed by atoms with E-state index in [1.807, 2.05) is 0 Å². The normalized spacial score (nSPS) is 12.2. The van der Waals surface area contributed by atoms with Crippen molar-refractivity contribution in [3.63, 3.8) is 0 Å². The monoisotopic (exact) mass is 382 g/mol. The molecule has 0 saturated heterocycles. The van der Waals surface area contributed by atoms with Crippen molar-refractivity contribution in [3.8, 4) is 11.4 Å². The van der Waals surface area contributed by atoms with Gasteiger partial charge < -0.3 is 4.57 Å². The van der Waals surface area contributed by atoms with E-state index in [9.17, 15) is 21.6 Å². The third kappa shape index (κ3) is 3.69. The number of sulfonamides is 1. The summed E-state index contributed by atoms with van der Waals surface area (Å²) in [5.74, 6) is 0.519. The molecule has 136 valence electrons. The summed E-state index contributed by atoms with van der Waals surface area (Å²) in [6.45, 7) is 0. The first kappa shape index (κ1) is 17.9. The second-order valence-electron chi connectivity index (χ2n) is 5.48. The van der Waals surface area contributed by atoms with Gasteiger partial charge in [0, 0.05) is 18.3 Å². The lowest BCUT2D eigenvalue weighted by molar-refractivity contribution is -0.137. The Hall–Kier alpha value is -2.88. The second kappa shape index (κ2) is 6.45. The molecule has 2 aromatic carbocycles. The molecule has 0 saturated carbocycles. The van der Waals surface area contributed by atoms with Gasteiger partial charge in [0.05, 0.1) is 10.5 Å². The van der Waals surface area contributed by atoms with Crippen molar-refractivity contribution in [2.75, 3.05) is 4.72 Å². The minimum atomic E-state index is -4.63. The molecule has 3 rings (SSSR count). The van der Waals surface area contributed by atoms with Gasteiger partial charge in [-0.3, -0.25) is 4.72 Å². The number of aromatic nitrogens is 3. The fraction of sp³-hybridized carbons (Fsp3) is 0.125. The van der Waals surface area contributed by atoms with Crippen LogP contribution in [0.1, 0.15) is 5.56 Å². The summed E-state index contributed by atoms with van der Waals surface area (Å²) in [4.78, 5) is -0.476. The Morgan fingerprint density at radius 3 is 2.46 bits per heavy atom. The van der Waals surface area contributed by atoms with E-state index in [1.165, 1.54) is 18.5 Å². The highest BCUT2D eigenvalue weighted by Crippen LogP contribution is 2.31. The van der Waals surface area contributed by atoms with E-state index in [-0.39, 0.29) is 5.69 Å². The van der Waals surface area contributed by atoms with E-state index in [2.05, 4.69) is 14.9 Å². The van der Waals surface area contributed by atoms with E-state index < -0.39 is 26.7 Å². The SMILES string of the molecule is Cn1cnnc1-c1cccc(NS(=O)(=O)c2cccc(C(F)(F)F)c2)c1. The molecule has 0 amide bonds. The van der Waals surface area contributed by atoms with Gasteiger partial charge in [-0.15, -0.1) is 10.2 Å². The van der Waals surface area contributed by atoms with Gasteiger partial charge in [-0.05, 0) is 30.3 Å². The molecule has 1 N–H and O–H groups in total. The minimum absolute atomic E-state index is 0.197. The highest BCUT2D eigenvalue weighted by molar-refractivity contribution is 7.92. The Morgan fingerprint density at radius 1 is 1.08 bits per heavy atom. The molecule has 0 aliphatic heterocycles. The number of nitrogens with zero attached hydrogens (tertiary/aromatic N) is 3. The highest BCUT2D eigenvalue weighted by atomic mass is 32.2. The minimum Gasteiger partial charge on any atom is -0.317 e. The average molecular weight is 382 g/mol. The number of hydrogen-bond donors (Lipinski definition) is 1. The van der Waals surface area contributed by atoms with Crippen molar-refractivity contribution in [2.45, 2.75) is 11.1 Å². The van der Waals surface area contributed by atoms with Crippen LogP contribution in [0.3, 0.4) is 0 Å². The number of hydrogen-bond acceptors (Lipinski definition) is 4. The number of nitrogens with one attached hydrogen (secondary N) is 1. The molecule has 0 radical (unpaired) electrons. The third-order valence-electron chi connectivity index (χ3n) is 3.56. The zero-order chi connectivity index (χ0) is 18.9. The summed E-state index contributed by atoms with van der Waals surface area (Å²) in [7, 11) is -2.45. The van der Waals surface area contributed by atoms with Crippen LogP contribution in [0.5, 0.6) is 0 Å². The molecule has 0 unspecified atom stereocenters. The molecule has 3 aromatic rings. The van der Waals surface area contributed by atoms with Crippen LogP contribution >= 0.6 is 0 Å². The summed E-state index contributed by atoms with van der Waals surface area (Å²) in [5, 5.41) is 7.68. The van der Waals surface area contributed by atoms with E-state index in [0.717, 1.165) is 18.2 Å². The summed E-state index contributed by atoms with van der Waals surface area (Å²) < 4.78 is 67.2. The highest BCUT2D eigenvalue weighted by Gasteiger charge is 2.31.